The van der Waals surface area contributed by atoms with Crippen molar-refractivity contribution in [2.45, 2.75) is 26.8 Å². The summed E-state index contributed by atoms with van der Waals surface area (Å²) < 4.78 is 5.28. The van der Waals surface area contributed by atoms with Crippen LogP contribution in [0, 0.1) is 13.8 Å². The molecule has 3 rings (SSSR count). The molecular weight excluding hydrogens is 312 g/mol. The lowest BCUT2D eigenvalue weighted by molar-refractivity contribution is 0.0928. The van der Waals surface area contributed by atoms with E-state index in [1.54, 1.807) is 12.3 Å². The molecule has 0 aliphatic carbocycles. The first-order valence-electron chi connectivity index (χ1n) is 7.17. The summed E-state index contributed by atoms with van der Waals surface area (Å²) in [6.45, 7) is 5.64. The Balaban J connectivity index is 1.75. The fourth-order valence-electron chi connectivity index (χ4n) is 2.14. The average Bonchev–Trinajstić information content (AvgIpc) is 3.16. The summed E-state index contributed by atoms with van der Waals surface area (Å²) in [5.41, 5.74) is 2.38. The zero-order chi connectivity index (χ0) is 16.4. The van der Waals surface area contributed by atoms with Crippen molar-refractivity contribution < 1.29 is 9.32 Å². The Morgan fingerprint density at radius 2 is 2.04 bits per heavy atom. The van der Waals surface area contributed by atoms with E-state index >= 15 is 0 Å². The van der Waals surface area contributed by atoms with Crippen molar-refractivity contribution in [2.75, 3.05) is 0 Å². The number of benzene rings is 1. The molecule has 3 aromatic rings. The van der Waals surface area contributed by atoms with Gasteiger partial charge in [-0.2, -0.15) is 4.98 Å². The summed E-state index contributed by atoms with van der Waals surface area (Å²) >= 11 is 1.44. The van der Waals surface area contributed by atoms with Gasteiger partial charge in [0.15, 0.2) is 0 Å². The third-order valence-electron chi connectivity index (χ3n) is 3.40. The molecule has 0 aliphatic rings. The first-order chi connectivity index (χ1) is 11.0. The monoisotopic (exact) mass is 328 g/mol. The number of nitrogens with zero attached hydrogens (tertiary/aromatic N) is 3. The lowest BCUT2D eigenvalue weighted by Crippen LogP contribution is -2.27. The molecule has 1 aromatic carbocycles. The molecular formula is C16H16N4O2S. The number of thiazole rings is 1. The van der Waals surface area contributed by atoms with E-state index in [0.29, 0.717) is 17.4 Å². The zero-order valence-corrected chi connectivity index (χ0v) is 13.8. The molecule has 0 aliphatic heterocycles. The van der Waals surface area contributed by atoms with Crippen LogP contribution in [0.15, 0.2) is 34.2 Å². The smallest absolute Gasteiger partial charge is 0.271 e. The number of hydrogen-bond acceptors (Lipinski definition) is 6. The molecule has 1 N–H and O–H groups in total. The molecule has 1 atom stereocenters. The molecule has 6 nitrogen and oxygen atoms in total. The number of aryl methyl sites for hydroxylation is 2. The molecule has 0 saturated carbocycles. The van der Waals surface area contributed by atoms with Crippen LogP contribution >= 0.6 is 11.3 Å². The SMILES string of the molecule is Cc1nc(C(=O)NC(C)c2nc(-c3ccccc3C)no2)cs1. The molecule has 0 saturated heterocycles. The minimum atomic E-state index is -0.394. The second-order valence-electron chi connectivity index (χ2n) is 5.22. The van der Waals surface area contributed by atoms with Gasteiger partial charge < -0.3 is 9.84 Å². The van der Waals surface area contributed by atoms with Crippen LogP contribution in [0.1, 0.15) is 39.9 Å². The van der Waals surface area contributed by atoms with Gasteiger partial charge >= 0.3 is 0 Å². The predicted octanol–water partition coefficient (Wildman–Crippen LogP) is 3.30. The van der Waals surface area contributed by atoms with Crippen molar-refractivity contribution in [1.29, 1.82) is 0 Å². The number of aromatic nitrogens is 3. The first-order valence-corrected chi connectivity index (χ1v) is 8.05. The van der Waals surface area contributed by atoms with Gasteiger partial charge in [0.2, 0.25) is 11.7 Å². The van der Waals surface area contributed by atoms with E-state index in [1.807, 2.05) is 38.1 Å². The first kappa shape index (κ1) is 15.4. The van der Waals surface area contributed by atoms with Gasteiger partial charge in [0.05, 0.1) is 5.01 Å². The summed E-state index contributed by atoms with van der Waals surface area (Å²) in [7, 11) is 0. The number of rotatable bonds is 4. The Hall–Kier alpha value is -2.54. The van der Waals surface area contributed by atoms with Crippen LogP contribution in [-0.2, 0) is 0 Å². The normalized spacial score (nSPS) is 12.1. The number of carbonyl (C=O) groups excluding carboxylic acids is 1. The quantitative estimate of drug-likeness (QED) is 0.794. The largest absolute Gasteiger partial charge is 0.339 e. The maximum Gasteiger partial charge on any atom is 0.271 e. The third-order valence-corrected chi connectivity index (χ3v) is 4.17. The molecule has 0 bridgehead atoms. The maximum absolute atomic E-state index is 12.1. The van der Waals surface area contributed by atoms with Gasteiger partial charge in [0, 0.05) is 10.9 Å². The van der Waals surface area contributed by atoms with Gasteiger partial charge in [0.1, 0.15) is 11.7 Å². The number of nitrogens with one attached hydrogen (secondary N) is 1. The lowest BCUT2D eigenvalue weighted by atomic mass is 10.1. The average molecular weight is 328 g/mol. The fourth-order valence-corrected chi connectivity index (χ4v) is 2.74. The molecule has 1 amide bonds. The zero-order valence-electron chi connectivity index (χ0n) is 13.0. The van der Waals surface area contributed by atoms with Crippen molar-refractivity contribution in [3.05, 3.63) is 51.8 Å². The highest BCUT2D eigenvalue weighted by atomic mass is 32.1. The minimum absolute atomic E-state index is 0.252. The second-order valence-corrected chi connectivity index (χ2v) is 6.28. The van der Waals surface area contributed by atoms with Crippen LogP contribution in [-0.4, -0.2) is 21.0 Å². The van der Waals surface area contributed by atoms with Crippen LogP contribution < -0.4 is 5.32 Å². The molecule has 7 heteroatoms. The fraction of sp³-hybridized carbons (Fsp3) is 0.250. The standard InChI is InChI=1S/C16H16N4O2S/c1-9-6-4-5-7-12(9)14-19-16(22-20-14)10(2)17-15(21)13-8-23-11(3)18-13/h4-8,10H,1-3H3,(H,17,21). The Kier molecular flexibility index (Phi) is 4.20. The topological polar surface area (TPSA) is 80.9 Å². The van der Waals surface area contributed by atoms with Gasteiger partial charge in [-0.05, 0) is 26.3 Å². The molecule has 23 heavy (non-hydrogen) atoms. The van der Waals surface area contributed by atoms with Crippen LogP contribution in [0.3, 0.4) is 0 Å². The summed E-state index contributed by atoms with van der Waals surface area (Å²) in [5.74, 6) is 0.629. The van der Waals surface area contributed by atoms with Crippen molar-refractivity contribution in [1.82, 2.24) is 20.4 Å². The van der Waals surface area contributed by atoms with E-state index < -0.39 is 6.04 Å². The molecule has 2 aromatic heterocycles. The Bertz CT molecular complexity index is 840. The molecule has 0 spiro atoms. The highest BCUT2D eigenvalue weighted by Gasteiger charge is 2.19. The van der Waals surface area contributed by atoms with E-state index in [0.717, 1.165) is 16.1 Å². The molecule has 2 heterocycles. The Morgan fingerprint density at radius 1 is 1.26 bits per heavy atom. The van der Waals surface area contributed by atoms with Gasteiger partial charge in [-0.25, -0.2) is 4.98 Å². The molecule has 1 unspecified atom stereocenters. The van der Waals surface area contributed by atoms with E-state index in [1.165, 1.54) is 11.3 Å². The number of carbonyl (C=O) groups is 1. The van der Waals surface area contributed by atoms with Crippen LogP contribution in [0.2, 0.25) is 0 Å². The van der Waals surface area contributed by atoms with Gasteiger partial charge in [0.25, 0.3) is 5.91 Å². The highest BCUT2D eigenvalue weighted by Crippen LogP contribution is 2.22. The summed E-state index contributed by atoms with van der Waals surface area (Å²) in [6, 6.07) is 7.41. The van der Waals surface area contributed by atoms with E-state index in [9.17, 15) is 4.79 Å². The van der Waals surface area contributed by atoms with E-state index in [2.05, 4.69) is 20.4 Å². The maximum atomic E-state index is 12.1. The molecule has 0 radical (unpaired) electrons. The third kappa shape index (κ3) is 3.29. The Morgan fingerprint density at radius 3 is 2.74 bits per heavy atom. The van der Waals surface area contributed by atoms with Crippen LogP contribution in [0.5, 0.6) is 0 Å². The van der Waals surface area contributed by atoms with Crippen LogP contribution in [0.25, 0.3) is 11.4 Å². The molecule has 0 fully saturated rings. The summed E-state index contributed by atoms with van der Waals surface area (Å²) in [6.07, 6.45) is 0. The second kappa shape index (κ2) is 6.29. The Labute approximate surface area is 137 Å². The van der Waals surface area contributed by atoms with Crippen molar-refractivity contribution in [3.8, 4) is 11.4 Å². The predicted molar refractivity (Wildman–Crippen MR) is 87.2 cm³/mol. The number of amides is 1. The lowest BCUT2D eigenvalue weighted by Gasteiger charge is -2.07. The summed E-state index contributed by atoms with van der Waals surface area (Å²) in [4.78, 5) is 20.7. The van der Waals surface area contributed by atoms with E-state index in [4.69, 9.17) is 4.52 Å². The molecule has 118 valence electrons. The van der Waals surface area contributed by atoms with Gasteiger partial charge in [-0.3, -0.25) is 4.79 Å². The van der Waals surface area contributed by atoms with Gasteiger partial charge in [-0.1, -0.05) is 29.4 Å². The van der Waals surface area contributed by atoms with Gasteiger partial charge in [-0.15, -0.1) is 11.3 Å². The minimum Gasteiger partial charge on any atom is -0.339 e. The summed E-state index contributed by atoms with van der Waals surface area (Å²) in [5, 5.41) is 9.39. The van der Waals surface area contributed by atoms with Crippen LogP contribution in [0.4, 0.5) is 0 Å². The van der Waals surface area contributed by atoms with Crippen molar-refractivity contribution in [2.24, 2.45) is 0 Å². The highest BCUT2D eigenvalue weighted by molar-refractivity contribution is 7.09. The van der Waals surface area contributed by atoms with E-state index in [-0.39, 0.29) is 5.91 Å². The number of hydrogen-bond donors (Lipinski definition) is 1. The van der Waals surface area contributed by atoms with Crippen molar-refractivity contribution >= 4 is 17.2 Å². The van der Waals surface area contributed by atoms with Crippen molar-refractivity contribution in [3.63, 3.8) is 0 Å².